The van der Waals surface area contributed by atoms with Gasteiger partial charge in [0.15, 0.2) is 0 Å². The van der Waals surface area contributed by atoms with E-state index in [2.05, 4.69) is 121 Å². The Kier molecular flexibility index (Phi) is 7.86. The van der Waals surface area contributed by atoms with Gasteiger partial charge in [0, 0.05) is 0 Å². The van der Waals surface area contributed by atoms with Gasteiger partial charge in [-0.05, 0) is 115 Å². The molecule has 8 aromatic rings. The normalized spacial score (nSPS) is 14.1. The summed E-state index contributed by atoms with van der Waals surface area (Å²) in [4.78, 5) is 0. The largest absolute Gasteiger partial charge is 0.508 e. The molecule has 0 amide bonds. The molecule has 0 aromatic heterocycles. The van der Waals surface area contributed by atoms with Crippen LogP contribution in [0.15, 0.2) is 207 Å². The summed E-state index contributed by atoms with van der Waals surface area (Å²) in [5.41, 5.74) is 12.9. The van der Waals surface area contributed by atoms with Crippen molar-refractivity contribution in [3.8, 4) is 45.3 Å². The zero-order valence-electron chi connectivity index (χ0n) is 30.3. The van der Waals surface area contributed by atoms with E-state index in [-0.39, 0.29) is 11.5 Å². The summed E-state index contributed by atoms with van der Waals surface area (Å²) in [7, 11) is 0. The Hall–Kier alpha value is -7.30. The molecule has 268 valence electrons. The molecular formula is C52H36O4. The zero-order chi connectivity index (χ0) is 37.7. The van der Waals surface area contributed by atoms with E-state index in [1.807, 2.05) is 48.5 Å². The molecule has 2 N–H and O–H groups in total. The van der Waals surface area contributed by atoms with E-state index in [1.165, 1.54) is 44.5 Å². The molecule has 0 fully saturated rings. The minimum atomic E-state index is -0.561. The van der Waals surface area contributed by atoms with Crippen molar-refractivity contribution in [3.05, 3.63) is 251 Å². The van der Waals surface area contributed by atoms with Crippen LogP contribution < -0.4 is 9.47 Å². The first-order chi connectivity index (χ1) is 27.6. The molecule has 0 atom stereocenters. The molecule has 0 heterocycles. The lowest BCUT2D eigenvalue weighted by molar-refractivity contribution is 0.421. The van der Waals surface area contributed by atoms with Crippen molar-refractivity contribution in [1.29, 1.82) is 0 Å². The highest BCUT2D eigenvalue weighted by molar-refractivity contribution is 5.87. The van der Waals surface area contributed by atoms with Crippen molar-refractivity contribution < 1.29 is 19.7 Å². The first-order valence-corrected chi connectivity index (χ1v) is 18.8. The molecule has 0 spiro atoms. The van der Waals surface area contributed by atoms with E-state index < -0.39 is 10.8 Å². The molecule has 0 aliphatic heterocycles. The standard InChI is InChI=1S/C52H36O4/c53-39-25-17-35(18-26-39)51(47-13-5-1-9-43(47)44-10-2-6-14-48(44)51)37-21-29-41(30-22-37)55-33-34-56-42-31-23-38(24-32-42)52(36-19-27-40(54)28-20-36)49-15-7-3-11-45(49)46-12-4-8-16-50(46)52/h1-34,53-54H/b34-33+. The Labute approximate surface area is 325 Å². The molecule has 8 aromatic carbocycles. The number of aromatic hydroxyl groups is 2. The number of hydrogen-bond acceptors (Lipinski definition) is 4. The van der Waals surface area contributed by atoms with Crippen molar-refractivity contribution in [2.24, 2.45) is 0 Å². The second kappa shape index (κ2) is 13.2. The quantitative estimate of drug-likeness (QED) is 0.153. The number of benzene rings is 8. The highest BCUT2D eigenvalue weighted by Crippen LogP contribution is 2.57. The molecule has 2 aliphatic carbocycles. The molecule has 4 heteroatoms. The van der Waals surface area contributed by atoms with Crippen LogP contribution in [-0.2, 0) is 10.8 Å². The molecule has 0 saturated carbocycles. The molecule has 2 aliphatic rings. The molecular weight excluding hydrogens is 689 g/mol. The Morgan fingerprint density at radius 1 is 0.304 bits per heavy atom. The predicted molar refractivity (Wildman–Crippen MR) is 221 cm³/mol. The third-order valence-corrected chi connectivity index (χ3v) is 11.5. The number of hydrogen-bond donors (Lipinski definition) is 2. The summed E-state index contributed by atoms with van der Waals surface area (Å²) in [5.74, 6) is 1.83. The van der Waals surface area contributed by atoms with Crippen molar-refractivity contribution in [1.82, 2.24) is 0 Å². The highest BCUT2D eigenvalue weighted by atomic mass is 16.5. The van der Waals surface area contributed by atoms with Crippen LogP contribution in [0, 0.1) is 0 Å². The van der Waals surface area contributed by atoms with Gasteiger partial charge in [0.1, 0.15) is 35.5 Å². The number of phenols is 2. The van der Waals surface area contributed by atoms with Crippen LogP contribution in [0.1, 0.15) is 44.5 Å². The fourth-order valence-electron chi connectivity index (χ4n) is 9.25. The van der Waals surface area contributed by atoms with Crippen LogP contribution >= 0.6 is 0 Å². The van der Waals surface area contributed by atoms with E-state index in [0.29, 0.717) is 11.5 Å². The van der Waals surface area contributed by atoms with E-state index in [1.54, 1.807) is 36.8 Å². The van der Waals surface area contributed by atoms with Crippen LogP contribution in [0.5, 0.6) is 23.0 Å². The molecule has 0 unspecified atom stereocenters. The molecule has 56 heavy (non-hydrogen) atoms. The maximum absolute atomic E-state index is 10.2. The van der Waals surface area contributed by atoms with Crippen molar-refractivity contribution in [2.45, 2.75) is 10.8 Å². The second-order valence-electron chi connectivity index (χ2n) is 14.3. The summed E-state index contributed by atoms with van der Waals surface area (Å²) in [5, 5.41) is 20.4. The number of fused-ring (bicyclic) bond motifs is 6. The number of rotatable bonds is 8. The van der Waals surface area contributed by atoms with Crippen LogP contribution in [-0.4, -0.2) is 10.2 Å². The lowest BCUT2D eigenvalue weighted by atomic mass is 9.68. The highest BCUT2D eigenvalue weighted by Gasteiger charge is 2.47. The smallest absolute Gasteiger partial charge is 0.126 e. The molecule has 0 bridgehead atoms. The van der Waals surface area contributed by atoms with Gasteiger partial charge in [-0.25, -0.2) is 0 Å². The van der Waals surface area contributed by atoms with Crippen molar-refractivity contribution >= 4 is 0 Å². The average molecular weight is 725 g/mol. The molecule has 10 rings (SSSR count). The predicted octanol–water partition coefficient (Wildman–Crippen LogP) is 11.8. The number of phenolic OH excluding ortho intramolecular Hbond substituents is 2. The number of ether oxygens (including phenoxy) is 2. The van der Waals surface area contributed by atoms with E-state index in [9.17, 15) is 10.2 Å². The fraction of sp³-hybridized carbons (Fsp3) is 0.0385. The SMILES string of the molecule is Oc1ccc(C2(c3ccc(O/C=C/Oc4ccc(C5(c6ccc(O)cc6)c6ccccc6-c6ccccc65)cc4)cc3)c3ccccc3-c3ccccc32)cc1. The van der Waals surface area contributed by atoms with E-state index >= 15 is 0 Å². The second-order valence-corrected chi connectivity index (χ2v) is 14.3. The Bertz CT molecular complexity index is 2460. The van der Waals surface area contributed by atoms with Gasteiger partial charge in [-0.1, -0.05) is 146 Å². The van der Waals surface area contributed by atoms with Crippen molar-refractivity contribution in [3.63, 3.8) is 0 Å². The van der Waals surface area contributed by atoms with Crippen LogP contribution in [0.3, 0.4) is 0 Å². The van der Waals surface area contributed by atoms with Crippen LogP contribution in [0.4, 0.5) is 0 Å². The van der Waals surface area contributed by atoms with E-state index in [0.717, 1.165) is 22.3 Å². The Morgan fingerprint density at radius 3 is 0.839 bits per heavy atom. The maximum Gasteiger partial charge on any atom is 0.126 e. The average Bonchev–Trinajstić information content (AvgIpc) is 3.72. The van der Waals surface area contributed by atoms with Crippen molar-refractivity contribution in [2.75, 3.05) is 0 Å². The maximum atomic E-state index is 10.2. The van der Waals surface area contributed by atoms with E-state index in [4.69, 9.17) is 9.47 Å². The molecule has 0 radical (unpaired) electrons. The first-order valence-electron chi connectivity index (χ1n) is 18.8. The first kappa shape index (κ1) is 33.3. The lowest BCUT2D eigenvalue weighted by Crippen LogP contribution is -2.28. The van der Waals surface area contributed by atoms with Gasteiger partial charge in [-0.2, -0.15) is 0 Å². The Morgan fingerprint density at radius 2 is 0.554 bits per heavy atom. The zero-order valence-corrected chi connectivity index (χ0v) is 30.3. The summed E-state index contributed by atoms with van der Waals surface area (Å²) in [6.45, 7) is 0. The van der Waals surface area contributed by atoms with Gasteiger partial charge in [-0.3, -0.25) is 0 Å². The third kappa shape index (κ3) is 5.00. The summed E-state index contributed by atoms with van der Waals surface area (Å²) >= 11 is 0. The topological polar surface area (TPSA) is 58.9 Å². The molecule has 4 nitrogen and oxygen atoms in total. The summed E-state index contributed by atoms with van der Waals surface area (Å²) in [6.07, 6.45) is 3.11. The monoisotopic (exact) mass is 724 g/mol. The van der Waals surface area contributed by atoms with Gasteiger partial charge in [0.25, 0.3) is 0 Å². The lowest BCUT2D eigenvalue weighted by Gasteiger charge is -2.34. The van der Waals surface area contributed by atoms with Gasteiger partial charge < -0.3 is 19.7 Å². The Balaban J connectivity index is 0.925. The van der Waals surface area contributed by atoms with Crippen LogP contribution in [0.2, 0.25) is 0 Å². The summed E-state index contributed by atoms with van der Waals surface area (Å²) in [6, 6.07) is 65.8. The van der Waals surface area contributed by atoms with Gasteiger partial charge in [-0.15, -0.1) is 0 Å². The third-order valence-electron chi connectivity index (χ3n) is 11.5. The van der Waals surface area contributed by atoms with Gasteiger partial charge >= 0.3 is 0 Å². The van der Waals surface area contributed by atoms with Gasteiger partial charge in [0.05, 0.1) is 10.8 Å². The molecule has 0 saturated heterocycles. The fourth-order valence-corrected chi connectivity index (χ4v) is 9.25. The summed E-state index contributed by atoms with van der Waals surface area (Å²) < 4.78 is 12.1. The van der Waals surface area contributed by atoms with Crippen LogP contribution in [0.25, 0.3) is 22.3 Å². The minimum absolute atomic E-state index is 0.237. The minimum Gasteiger partial charge on any atom is -0.508 e. The van der Waals surface area contributed by atoms with Gasteiger partial charge in [0.2, 0.25) is 0 Å².